The lowest BCUT2D eigenvalue weighted by molar-refractivity contribution is -0.162. The summed E-state index contributed by atoms with van der Waals surface area (Å²) in [5, 5.41) is 9.64. The van der Waals surface area contributed by atoms with Crippen molar-refractivity contribution >= 4 is 5.97 Å². The Bertz CT molecular complexity index is 171. The van der Waals surface area contributed by atoms with Crippen LogP contribution in [0.15, 0.2) is 0 Å². The molecule has 0 radical (unpaired) electrons. The quantitative estimate of drug-likeness (QED) is 0.648. The van der Waals surface area contributed by atoms with Crippen LogP contribution in [0.3, 0.4) is 0 Å². The van der Waals surface area contributed by atoms with Crippen molar-refractivity contribution in [2.75, 3.05) is 7.11 Å². The van der Waals surface area contributed by atoms with Crippen molar-refractivity contribution in [2.24, 2.45) is 5.92 Å². The first-order chi connectivity index (χ1) is 5.56. The van der Waals surface area contributed by atoms with Gasteiger partial charge in [-0.2, -0.15) is 0 Å². The van der Waals surface area contributed by atoms with E-state index in [-0.39, 0.29) is 0 Å². The average Bonchev–Trinajstić information content (AvgIpc) is 1.95. The minimum Gasteiger partial charge on any atom is -0.467 e. The van der Waals surface area contributed by atoms with Crippen LogP contribution in [-0.2, 0) is 9.53 Å². The first-order valence-corrected chi connectivity index (χ1v) is 4.37. The molecule has 0 aromatic rings. The fourth-order valence-corrected chi connectivity index (χ4v) is 1.56. The van der Waals surface area contributed by atoms with Crippen molar-refractivity contribution in [2.45, 2.75) is 38.2 Å². The molecule has 1 unspecified atom stereocenters. The van der Waals surface area contributed by atoms with Crippen LogP contribution in [0.5, 0.6) is 0 Å². The number of ether oxygens (including phenoxy) is 1. The predicted molar refractivity (Wildman–Crippen MR) is 44.6 cm³/mol. The van der Waals surface area contributed by atoms with Gasteiger partial charge in [0.15, 0.2) is 5.60 Å². The van der Waals surface area contributed by atoms with E-state index in [2.05, 4.69) is 4.74 Å². The highest BCUT2D eigenvalue weighted by Gasteiger charge is 2.35. The van der Waals surface area contributed by atoms with E-state index in [0.717, 1.165) is 12.8 Å². The van der Waals surface area contributed by atoms with E-state index in [1.807, 2.05) is 0 Å². The zero-order chi connectivity index (χ0) is 9.19. The lowest BCUT2D eigenvalue weighted by Gasteiger charge is -2.31. The normalized spacial score (nSPS) is 22.6. The Morgan fingerprint density at radius 1 is 1.67 bits per heavy atom. The van der Waals surface area contributed by atoms with Crippen molar-refractivity contribution in [1.29, 1.82) is 0 Å². The molecule has 1 atom stereocenters. The first-order valence-electron chi connectivity index (χ1n) is 4.37. The summed E-state index contributed by atoms with van der Waals surface area (Å²) < 4.78 is 4.50. The Morgan fingerprint density at radius 3 is 2.58 bits per heavy atom. The Kier molecular flexibility index (Phi) is 2.73. The van der Waals surface area contributed by atoms with Gasteiger partial charge < -0.3 is 9.84 Å². The van der Waals surface area contributed by atoms with Crippen LogP contribution in [-0.4, -0.2) is 23.8 Å². The van der Waals surface area contributed by atoms with E-state index >= 15 is 0 Å². The molecular weight excluding hydrogens is 156 g/mol. The van der Waals surface area contributed by atoms with Crippen molar-refractivity contribution in [3.8, 4) is 0 Å². The average molecular weight is 172 g/mol. The van der Waals surface area contributed by atoms with Crippen molar-refractivity contribution in [3.63, 3.8) is 0 Å². The molecule has 0 aromatic carbocycles. The molecule has 0 spiro atoms. The van der Waals surface area contributed by atoms with Gasteiger partial charge in [-0.15, -0.1) is 0 Å². The summed E-state index contributed by atoms with van der Waals surface area (Å²) in [6.07, 6.45) is 4.03. The molecule has 3 heteroatoms. The third-order valence-electron chi connectivity index (χ3n) is 2.54. The number of hydrogen-bond donors (Lipinski definition) is 1. The maximum atomic E-state index is 11.0. The highest BCUT2D eigenvalue weighted by atomic mass is 16.5. The maximum Gasteiger partial charge on any atom is 0.337 e. The molecule has 12 heavy (non-hydrogen) atoms. The summed E-state index contributed by atoms with van der Waals surface area (Å²) in [6.45, 7) is 1.52. The van der Waals surface area contributed by atoms with E-state index in [1.54, 1.807) is 0 Å². The Morgan fingerprint density at radius 2 is 2.25 bits per heavy atom. The van der Waals surface area contributed by atoms with Crippen LogP contribution in [0, 0.1) is 5.92 Å². The minimum absolute atomic E-state index is 0.513. The molecule has 1 aliphatic rings. The van der Waals surface area contributed by atoms with Crippen LogP contribution in [0.1, 0.15) is 32.6 Å². The van der Waals surface area contributed by atoms with Crippen LogP contribution in [0.4, 0.5) is 0 Å². The largest absolute Gasteiger partial charge is 0.467 e. The summed E-state index contributed by atoms with van der Waals surface area (Å²) in [6, 6.07) is 0. The first kappa shape index (κ1) is 9.52. The molecule has 1 saturated carbocycles. The molecule has 0 aromatic heterocycles. The molecule has 0 bridgehead atoms. The van der Waals surface area contributed by atoms with Gasteiger partial charge in [-0.05, 0) is 19.3 Å². The van der Waals surface area contributed by atoms with E-state index in [4.69, 9.17) is 0 Å². The molecule has 1 N–H and O–H groups in total. The number of hydrogen-bond acceptors (Lipinski definition) is 3. The predicted octanol–water partition coefficient (Wildman–Crippen LogP) is 1.10. The van der Waals surface area contributed by atoms with Crippen molar-refractivity contribution < 1.29 is 14.6 Å². The Labute approximate surface area is 72.7 Å². The molecule has 1 fully saturated rings. The van der Waals surface area contributed by atoms with Crippen molar-refractivity contribution in [1.82, 2.24) is 0 Å². The van der Waals surface area contributed by atoms with E-state index in [1.165, 1.54) is 20.5 Å². The summed E-state index contributed by atoms with van der Waals surface area (Å²) in [5.41, 5.74) is -1.28. The topological polar surface area (TPSA) is 46.5 Å². The van der Waals surface area contributed by atoms with Crippen LogP contribution < -0.4 is 0 Å². The summed E-state index contributed by atoms with van der Waals surface area (Å²) in [4.78, 5) is 11.0. The second-order valence-electron chi connectivity index (χ2n) is 3.77. The number of aliphatic hydroxyl groups is 1. The van der Waals surface area contributed by atoms with Gasteiger partial charge in [0, 0.05) is 0 Å². The fourth-order valence-electron chi connectivity index (χ4n) is 1.56. The molecule has 1 aliphatic carbocycles. The van der Waals surface area contributed by atoms with Gasteiger partial charge in [-0.25, -0.2) is 4.79 Å². The number of carbonyl (C=O) groups is 1. The number of carbonyl (C=O) groups excluding carboxylic acids is 1. The van der Waals surface area contributed by atoms with Gasteiger partial charge in [0.25, 0.3) is 0 Å². The summed E-state index contributed by atoms with van der Waals surface area (Å²) >= 11 is 0. The zero-order valence-corrected chi connectivity index (χ0v) is 7.67. The van der Waals surface area contributed by atoms with Crippen molar-refractivity contribution in [3.05, 3.63) is 0 Å². The van der Waals surface area contributed by atoms with Gasteiger partial charge >= 0.3 is 5.97 Å². The second-order valence-corrected chi connectivity index (χ2v) is 3.77. The smallest absolute Gasteiger partial charge is 0.337 e. The van der Waals surface area contributed by atoms with E-state index < -0.39 is 11.6 Å². The molecule has 0 aliphatic heterocycles. The highest BCUT2D eigenvalue weighted by Crippen LogP contribution is 2.33. The Balaban J connectivity index is 2.40. The third-order valence-corrected chi connectivity index (χ3v) is 2.54. The molecule has 0 saturated heterocycles. The van der Waals surface area contributed by atoms with Gasteiger partial charge in [0.2, 0.25) is 0 Å². The van der Waals surface area contributed by atoms with Gasteiger partial charge in [-0.3, -0.25) is 0 Å². The minimum atomic E-state index is -1.28. The monoisotopic (exact) mass is 172 g/mol. The van der Waals surface area contributed by atoms with Gasteiger partial charge in [0.05, 0.1) is 7.11 Å². The lowest BCUT2D eigenvalue weighted by atomic mass is 9.78. The SMILES string of the molecule is COC(=O)C(C)(O)CC1CCC1. The molecule has 3 nitrogen and oxygen atoms in total. The van der Waals surface area contributed by atoms with Gasteiger partial charge in [0.1, 0.15) is 0 Å². The van der Waals surface area contributed by atoms with Crippen LogP contribution >= 0.6 is 0 Å². The molecule has 70 valence electrons. The maximum absolute atomic E-state index is 11.0. The standard InChI is InChI=1S/C9H16O3/c1-9(11,8(10)12-2)6-7-4-3-5-7/h7,11H,3-6H2,1-2H3. The van der Waals surface area contributed by atoms with Crippen LogP contribution in [0.25, 0.3) is 0 Å². The highest BCUT2D eigenvalue weighted by molar-refractivity contribution is 5.78. The fraction of sp³-hybridized carbons (Fsp3) is 0.889. The Hall–Kier alpha value is -0.570. The number of rotatable bonds is 3. The molecule has 0 amide bonds. The molecular formula is C9H16O3. The number of esters is 1. The second kappa shape index (κ2) is 3.44. The van der Waals surface area contributed by atoms with Gasteiger partial charge in [-0.1, -0.05) is 19.3 Å². The van der Waals surface area contributed by atoms with E-state index in [0.29, 0.717) is 12.3 Å². The lowest BCUT2D eigenvalue weighted by Crippen LogP contribution is -2.39. The molecule has 1 rings (SSSR count). The zero-order valence-electron chi connectivity index (χ0n) is 7.67. The summed E-state index contributed by atoms with van der Waals surface area (Å²) in [5.74, 6) is -0.00602. The number of methoxy groups -OCH3 is 1. The third kappa shape index (κ3) is 1.97. The summed E-state index contributed by atoms with van der Waals surface area (Å²) in [7, 11) is 1.30. The van der Waals surface area contributed by atoms with E-state index in [9.17, 15) is 9.90 Å². The van der Waals surface area contributed by atoms with Crippen LogP contribution in [0.2, 0.25) is 0 Å². The molecule has 0 heterocycles.